The number of nitrogens with two attached hydrogens (primary N) is 1. The third kappa shape index (κ3) is 6.57. The van der Waals surface area contributed by atoms with Crippen molar-refractivity contribution in [3.63, 3.8) is 0 Å². The second-order valence-electron chi connectivity index (χ2n) is 3.61. The van der Waals surface area contributed by atoms with E-state index in [2.05, 4.69) is 10.1 Å². The molecule has 0 unspecified atom stereocenters. The average Bonchev–Trinajstić information content (AvgIpc) is 2.69. The van der Waals surface area contributed by atoms with Crippen molar-refractivity contribution in [3.8, 4) is 0 Å². The van der Waals surface area contributed by atoms with E-state index in [0.29, 0.717) is 5.76 Å². The first-order valence-electron chi connectivity index (χ1n) is 5.15. The number of alkyl halides is 3. The van der Waals surface area contributed by atoms with Gasteiger partial charge in [-0.25, -0.2) is 13.6 Å². The molecule has 19 heavy (non-hydrogen) atoms. The number of furan rings is 1. The molecule has 0 saturated carbocycles. The van der Waals surface area contributed by atoms with Crippen molar-refractivity contribution >= 4 is 10.0 Å². The van der Waals surface area contributed by atoms with E-state index in [1.807, 2.05) is 0 Å². The zero-order valence-electron chi connectivity index (χ0n) is 9.74. The third-order valence-corrected chi connectivity index (χ3v) is 2.69. The van der Waals surface area contributed by atoms with Gasteiger partial charge in [0.1, 0.15) is 12.4 Å². The molecule has 110 valence electrons. The van der Waals surface area contributed by atoms with Gasteiger partial charge in [0.25, 0.3) is 10.0 Å². The summed E-state index contributed by atoms with van der Waals surface area (Å²) < 4.78 is 66.2. The maximum atomic E-state index is 11.7. The second kappa shape index (κ2) is 6.37. The molecule has 3 N–H and O–H groups in total. The Morgan fingerprint density at radius 1 is 1.37 bits per heavy atom. The van der Waals surface area contributed by atoms with Gasteiger partial charge in [-0.2, -0.15) is 13.2 Å². The zero-order valence-corrected chi connectivity index (χ0v) is 10.6. The average molecular weight is 302 g/mol. The van der Waals surface area contributed by atoms with Crippen LogP contribution >= 0.6 is 0 Å². The topological polar surface area (TPSA) is 94.6 Å². The molecular weight excluding hydrogens is 289 g/mol. The molecule has 0 bridgehead atoms. The largest absolute Gasteiger partial charge is 0.447 e. The highest BCUT2D eigenvalue weighted by Crippen LogP contribution is 2.14. The van der Waals surface area contributed by atoms with Crippen molar-refractivity contribution < 1.29 is 30.7 Å². The summed E-state index contributed by atoms with van der Waals surface area (Å²) in [7, 11) is -3.88. The molecule has 0 radical (unpaired) electrons. The van der Waals surface area contributed by atoms with Gasteiger partial charge in [-0.3, -0.25) is 0 Å². The number of rotatable bonds is 7. The molecule has 0 saturated heterocycles. The second-order valence-corrected chi connectivity index (χ2v) is 5.10. The summed E-state index contributed by atoms with van der Waals surface area (Å²) in [6.45, 7) is -1.10. The van der Waals surface area contributed by atoms with Gasteiger partial charge in [-0.1, -0.05) is 0 Å². The minimum atomic E-state index is -4.34. The molecule has 0 atom stereocenters. The Hall–Kier alpha value is -1.10. The molecule has 0 spiro atoms. The summed E-state index contributed by atoms with van der Waals surface area (Å²) in [6, 6.07) is 2.61. The minimum Gasteiger partial charge on any atom is -0.447 e. The van der Waals surface area contributed by atoms with Crippen LogP contribution in [-0.4, -0.2) is 34.4 Å². The maximum absolute atomic E-state index is 11.7. The van der Waals surface area contributed by atoms with Crippen LogP contribution in [0.3, 0.4) is 0 Å². The smallest absolute Gasteiger partial charge is 0.411 e. The van der Waals surface area contributed by atoms with Gasteiger partial charge in [-0.05, 0) is 12.1 Å². The Kier molecular flexibility index (Phi) is 5.35. The fourth-order valence-corrected chi connectivity index (χ4v) is 1.63. The summed E-state index contributed by atoms with van der Waals surface area (Å²) in [6.07, 6.45) is -4.34. The summed E-state index contributed by atoms with van der Waals surface area (Å²) >= 11 is 0. The summed E-state index contributed by atoms with van der Waals surface area (Å²) in [4.78, 5) is 0. The zero-order chi connectivity index (χ0) is 14.5. The first-order chi connectivity index (χ1) is 8.68. The lowest BCUT2D eigenvalue weighted by atomic mass is 10.4. The Labute approximate surface area is 107 Å². The molecule has 1 aromatic rings. The Morgan fingerprint density at radius 3 is 2.58 bits per heavy atom. The molecule has 1 rings (SSSR count). The van der Waals surface area contributed by atoms with Gasteiger partial charge >= 0.3 is 6.18 Å². The molecule has 6 nitrogen and oxygen atoms in total. The van der Waals surface area contributed by atoms with E-state index in [9.17, 15) is 21.6 Å². The quantitative estimate of drug-likeness (QED) is 0.719. The summed E-state index contributed by atoms with van der Waals surface area (Å²) in [5, 5.41) is 7.20. The molecule has 10 heteroatoms. The van der Waals surface area contributed by atoms with Gasteiger partial charge in [0.05, 0.1) is 13.2 Å². The van der Waals surface area contributed by atoms with Crippen LogP contribution in [0.4, 0.5) is 13.2 Å². The van der Waals surface area contributed by atoms with E-state index < -0.39 is 22.8 Å². The van der Waals surface area contributed by atoms with E-state index in [-0.39, 0.29) is 24.8 Å². The van der Waals surface area contributed by atoms with Crippen molar-refractivity contribution in [2.24, 2.45) is 5.14 Å². The molecule has 1 heterocycles. The molecule has 0 amide bonds. The van der Waals surface area contributed by atoms with Crippen molar-refractivity contribution in [2.45, 2.75) is 17.8 Å². The van der Waals surface area contributed by atoms with Crippen LogP contribution in [0.5, 0.6) is 0 Å². The van der Waals surface area contributed by atoms with Crippen LogP contribution in [0.1, 0.15) is 5.76 Å². The van der Waals surface area contributed by atoms with Crippen molar-refractivity contribution in [2.75, 3.05) is 19.8 Å². The number of nitrogens with one attached hydrogen (secondary N) is 1. The molecule has 0 aliphatic carbocycles. The first-order valence-corrected chi connectivity index (χ1v) is 6.70. The normalized spacial score (nSPS) is 12.8. The van der Waals surface area contributed by atoms with Crippen LogP contribution in [0, 0.1) is 0 Å². The van der Waals surface area contributed by atoms with Crippen LogP contribution in [0.15, 0.2) is 21.6 Å². The van der Waals surface area contributed by atoms with Gasteiger partial charge in [0.2, 0.25) is 5.09 Å². The first kappa shape index (κ1) is 16.0. The molecule has 0 aliphatic heterocycles. The standard InChI is InChI=1S/C9H13F3N2O4S/c10-9(11,12)6-17-4-3-14-5-7-1-2-8(18-7)19(13,15)16/h1-2,14H,3-6H2,(H2,13,15,16). The number of hydrogen-bond donors (Lipinski definition) is 2. The van der Waals surface area contributed by atoms with Crippen LogP contribution in [0.2, 0.25) is 0 Å². The maximum Gasteiger partial charge on any atom is 0.411 e. The number of hydrogen-bond acceptors (Lipinski definition) is 5. The van der Waals surface area contributed by atoms with E-state index in [0.717, 1.165) is 0 Å². The van der Waals surface area contributed by atoms with E-state index in [1.165, 1.54) is 12.1 Å². The SMILES string of the molecule is NS(=O)(=O)c1ccc(CNCCOCC(F)(F)F)o1. The monoisotopic (exact) mass is 302 g/mol. The minimum absolute atomic E-state index is 0.123. The Balaban J connectivity index is 2.22. The molecule has 1 aromatic heterocycles. The molecular formula is C9H13F3N2O4S. The van der Waals surface area contributed by atoms with Gasteiger partial charge in [0.15, 0.2) is 0 Å². The number of primary sulfonamides is 1. The number of ether oxygens (including phenoxy) is 1. The van der Waals surface area contributed by atoms with Crippen LogP contribution in [0.25, 0.3) is 0 Å². The molecule has 0 fully saturated rings. The lowest BCUT2D eigenvalue weighted by Gasteiger charge is -2.07. The number of sulfonamides is 1. The van der Waals surface area contributed by atoms with Gasteiger partial charge in [0, 0.05) is 6.54 Å². The summed E-state index contributed by atoms with van der Waals surface area (Å²) in [5.74, 6) is 0.305. The lowest BCUT2D eigenvalue weighted by Crippen LogP contribution is -2.23. The van der Waals surface area contributed by atoms with Crippen LogP contribution in [-0.2, 0) is 21.3 Å². The highest BCUT2D eigenvalue weighted by Gasteiger charge is 2.27. The van der Waals surface area contributed by atoms with E-state index in [1.54, 1.807) is 0 Å². The van der Waals surface area contributed by atoms with Crippen LogP contribution < -0.4 is 10.5 Å². The van der Waals surface area contributed by atoms with E-state index >= 15 is 0 Å². The number of halogens is 3. The van der Waals surface area contributed by atoms with Gasteiger partial charge in [-0.15, -0.1) is 0 Å². The fraction of sp³-hybridized carbons (Fsp3) is 0.556. The predicted molar refractivity (Wildman–Crippen MR) is 58.7 cm³/mol. The van der Waals surface area contributed by atoms with Crippen molar-refractivity contribution in [3.05, 3.63) is 17.9 Å². The fourth-order valence-electron chi connectivity index (χ4n) is 1.15. The Bertz CT molecular complexity index is 498. The molecule has 0 aliphatic rings. The highest BCUT2D eigenvalue weighted by atomic mass is 32.2. The van der Waals surface area contributed by atoms with Gasteiger partial charge < -0.3 is 14.5 Å². The molecule has 0 aromatic carbocycles. The van der Waals surface area contributed by atoms with E-state index in [4.69, 9.17) is 9.56 Å². The predicted octanol–water partition coefficient (Wildman–Crippen LogP) is 0.595. The third-order valence-electron chi connectivity index (χ3n) is 1.91. The van der Waals surface area contributed by atoms with Crippen molar-refractivity contribution in [1.82, 2.24) is 5.32 Å². The van der Waals surface area contributed by atoms with Crippen molar-refractivity contribution in [1.29, 1.82) is 0 Å². The highest BCUT2D eigenvalue weighted by molar-refractivity contribution is 7.89. The lowest BCUT2D eigenvalue weighted by molar-refractivity contribution is -0.173. The Morgan fingerprint density at radius 2 is 2.05 bits per heavy atom. The summed E-state index contributed by atoms with van der Waals surface area (Å²) in [5.41, 5.74) is 0.